The van der Waals surface area contributed by atoms with Crippen molar-refractivity contribution in [3.05, 3.63) is 70.6 Å². The Bertz CT molecular complexity index is 989. The Morgan fingerprint density at radius 2 is 1.90 bits per heavy atom. The van der Waals surface area contributed by atoms with Gasteiger partial charge in [0.2, 0.25) is 5.88 Å². The van der Waals surface area contributed by atoms with Crippen LogP contribution >= 0.6 is 11.6 Å². The largest absolute Gasteiger partial charge is 0.440 e. The molecule has 7 nitrogen and oxygen atoms in total. The molecular formula is C22H29ClN6O. The smallest absolute Gasteiger partial charge is 0.240 e. The lowest BCUT2D eigenvalue weighted by atomic mass is 10.1. The van der Waals surface area contributed by atoms with Gasteiger partial charge in [-0.05, 0) is 57.9 Å². The van der Waals surface area contributed by atoms with Gasteiger partial charge in [0.1, 0.15) is 23.0 Å². The number of hydrogen-bond acceptors (Lipinski definition) is 6. The number of halogens is 1. The highest BCUT2D eigenvalue weighted by Crippen LogP contribution is 2.40. The van der Waals surface area contributed by atoms with Gasteiger partial charge in [0.15, 0.2) is 0 Å². The van der Waals surface area contributed by atoms with Crippen molar-refractivity contribution < 1.29 is 4.74 Å². The first kappa shape index (κ1) is 22.0. The minimum absolute atomic E-state index is 0.358. The molecule has 0 aliphatic carbocycles. The van der Waals surface area contributed by atoms with Crippen LogP contribution in [0.15, 0.2) is 65.0 Å². The van der Waals surface area contributed by atoms with E-state index in [0.29, 0.717) is 45.2 Å². The first-order valence-electron chi connectivity index (χ1n) is 9.76. The molecule has 2 aliphatic rings. The molecular weight excluding hydrogens is 400 g/mol. The zero-order valence-corrected chi connectivity index (χ0v) is 18.8. The summed E-state index contributed by atoms with van der Waals surface area (Å²) < 4.78 is 6.04. The highest BCUT2D eigenvalue weighted by Gasteiger charge is 2.32. The molecule has 0 spiro atoms. The van der Waals surface area contributed by atoms with E-state index in [9.17, 15) is 0 Å². The molecule has 0 unspecified atom stereocenters. The molecule has 0 radical (unpaired) electrons. The summed E-state index contributed by atoms with van der Waals surface area (Å²) in [6, 6.07) is 5.98. The van der Waals surface area contributed by atoms with Crippen molar-refractivity contribution in [1.29, 1.82) is 0 Å². The Hall–Kier alpha value is -2.74. The van der Waals surface area contributed by atoms with Crippen LogP contribution in [0.1, 0.15) is 39.7 Å². The van der Waals surface area contributed by atoms with E-state index < -0.39 is 0 Å². The number of rotatable bonds is 5. The van der Waals surface area contributed by atoms with E-state index in [-0.39, 0.29) is 0 Å². The van der Waals surface area contributed by atoms with Crippen molar-refractivity contribution in [2.45, 2.75) is 34.1 Å². The average molecular weight is 429 g/mol. The predicted molar refractivity (Wildman–Crippen MR) is 124 cm³/mol. The summed E-state index contributed by atoms with van der Waals surface area (Å²) in [7, 11) is 0. The molecule has 160 valence electrons. The number of allylic oxidation sites excluding steroid dienone is 3. The van der Waals surface area contributed by atoms with E-state index in [2.05, 4.69) is 29.1 Å². The summed E-state index contributed by atoms with van der Waals surface area (Å²) in [6.07, 6.45) is 1.20. The minimum Gasteiger partial charge on any atom is -0.440 e. The summed E-state index contributed by atoms with van der Waals surface area (Å²) >= 11 is 6.63. The van der Waals surface area contributed by atoms with Crippen molar-refractivity contribution in [3.8, 4) is 0 Å². The second kappa shape index (κ2) is 8.55. The number of anilines is 1. The Balaban J connectivity index is 1.99. The van der Waals surface area contributed by atoms with Crippen molar-refractivity contribution in [2.75, 3.05) is 18.0 Å². The second-order valence-electron chi connectivity index (χ2n) is 7.58. The van der Waals surface area contributed by atoms with Crippen LogP contribution in [0.4, 0.5) is 5.69 Å². The number of ether oxygens (including phenoxy) is 1. The Labute approximate surface area is 183 Å². The van der Waals surface area contributed by atoms with Gasteiger partial charge in [0.05, 0.1) is 5.02 Å². The van der Waals surface area contributed by atoms with Gasteiger partial charge in [-0.15, -0.1) is 0 Å². The Kier molecular flexibility index (Phi) is 6.26. The summed E-state index contributed by atoms with van der Waals surface area (Å²) in [5, 5.41) is 3.46. The van der Waals surface area contributed by atoms with Gasteiger partial charge in [-0.2, -0.15) is 0 Å². The number of amidine groups is 1. The van der Waals surface area contributed by atoms with Gasteiger partial charge in [0, 0.05) is 30.0 Å². The maximum Gasteiger partial charge on any atom is 0.240 e. The summed E-state index contributed by atoms with van der Waals surface area (Å²) in [6.45, 7) is 17.2. The number of nitrogens with two attached hydrogens (primary N) is 2. The van der Waals surface area contributed by atoms with Crippen molar-refractivity contribution in [2.24, 2.45) is 16.7 Å². The van der Waals surface area contributed by atoms with Crippen LogP contribution in [0.5, 0.6) is 0 Å². The Morgan fingerprint density at radius 1 is 1.23 bits per heavy atom. The fourth-order valence-electron chi connectivity index (χ4n) is 3.45. The van der Waals surface area contributed by atoms with Crippen LogP contribution in [0, 0.1) is 0 Å². The molecule has 0 bridgehead atoms. The lowest BCUT2D eigenvalue weighted by Gasteiger charge is -2.33. The van der Waals surface area contributed by atoms with Crippen molar-refractivity contribution >= 4 is 28.8 Å². The van der Waals surface area contributed by atoms with Gasteiger partial charge < -0.3 is 9.64 Å². The highest BCUT2D eigenvalue weighted by atomic mass is 35.5. The van der Waals surface area contributed by atoms with Crippen molar-refractivity contribution in [3.63, 3.8) is 0 Å². The van der Waals surface area contributed by atoms with Crippen LogP contribution in [-0.4, -0.2) is 28.9 Å². The normalized spacial score (nSPS) is 18.3. The summed E-state index contributed by atoms with van der Waals surface area (Å²) in [4.78, 5) is 6.60. The topological polar surface area (TPSA) is 83.3 Å². The molecule has 1 aromatic rings. The molecule has 30 heavy (non-hydrogen) atoms. The molecule has 0 saturated carbocycles. The minimum atomic E-state index is 0.358. The SMILES string of the molecule is C=C(C)/N=C(/C)N(N)/C(C(=C)C)=C1\OC(C)=C(c2ccc(N3CCC3)cc2Cl)N1N. The van der Waals surface area contributed by atoms with E-state index >= 15 is 0 Å². The fourth-order valence-corrected chi connectivity index (χ4v) is 3.71. The molecule has 0 atom stereocenters. The third kappa shape index (κ3) is 4.09. The third-order valence-corrected chi connectivity index (χ3v) is 5.33. The van der Waals surface area contributed by atoms with Crippen LogP contribution < -0.4 is 16.6 Å². The van der Waals surface area contributed by atoms with E-state index in [0.717, 1.165) is 24.3 Å². The Morgan fingerprint density at radius 3 is 2.40 bits per heavy atom. The number of benzene rings is 1. The van der Waals surface area contributed by atoms with Crippen LogP contribution in [0.3, 0.4) is 0 Å². The number of nitrogens with zero attached hydrogens (tertiary/aromatic N) is 4. The quantitative estimate of drug-likeness (QED) is 0.314. The zero-order valence-electron chi connectivity index (χ0n) is 18.0. The van der Waals surface area contributed by atoms with Crippen LogP contribution in [-0.2, 0) is 4.74 Å². The summed E-state index contributed by atoms with van der Waals surface area (Å²) in [5.74, 6) is 14.3. The molecule has 1 fully saturated rings. The van der Waals surface area contributed by atoms with Gasteiger partial charge >= 0.3 is 0 Å². The first-order chi connectivity index (χ1) is 14.1. The zero-order chi connectivity index (χ0) is 22.2. The maximum absolute atomic E-state index is 6.63. The molecule has 2 aliphatic heterocycles. The monoisotopic (exact) mass is 428 g/mol. The predicted octanol–water partition coefficient (Wildman–Crippen LogP) is 4.32. The second-order valence-corrected chi connectivity index (χ2v) is 7.99. The standard InChI is InChI=1S/C22H29ClN6O/c1-13(2)20(28(24)16(6)26-14(3)4)22-29(25)21(15(5)30-22)18-9-8-17(12-19(18)23)27-10-7-11-27/h8-9,12H,1,3,7,10-11,24-25H2,2,4-6H3/b22-20-,26-16-. The molecule has 3 rings (SSSR count). The highest BCUT2D eigenvalue weighted by molar-refractivity contribution is 6.32. The van der Waals surface area contributed by atoms with Crippen LogP contribution in [0.2, 0.25) is 5.02 Å². The van der Waals surface area contributed by atoms with Gasteiger partial charge in [-0.25, -0.2) is 21.7 Å². The molecule has 0 aromatic heterocycles. The molecule has 8 heteroatoms. The van der Waals surface area contributed by atoms with Crippen LogP contribution in [0.25, 0.3) is 5.70 Å². The van der Waals surface area contributed by atoms with E-state index in [1.165, 1.54) is 16.4 Å². The third-order valence-electron chi connectivity index (χ3n) is 5.02. The lowest BCUT2D eigenvalue weighted by molar-refractivity contribution is 0.238. The molecule has 1 saturated heterocycles. The van der Waals surface area contributed by atoms with Gasteiger partial charge in [0.25, 0.3) is 0 Å². The lowest BCUT2D eigenvalue weighted by Crippen LogP contribution is -2.39. The van der Waals surface area contributed by atoms with E-state index in [1.54, 1.807) is 13.8 Å². The average Bonchev–Trinajstić information content (AvgIpc) is 2.87. The molecule has 0 amide bonds. The molecule has 4 N–H and O–H groups in total. The van der Waals surface area contributed by atoms with Gasteiger partial charge in [-0.3, -0.25) is 5.01 Å². The molecule has 2 heterocycles. The van der Waals surface area contributed by atoms with Crippen molar-refractivity contribution in [1.82, 2.24) is 10.0 Å². The number of hydrazine groups is 2. The number of aliphatic imine (C=N–C) groups is 1. The first-order valence-corrected chi connectivity index (χ1v) is 10.1. The molecule has 1 aromatic carbocycles. The van der Waals surface area contributed by atoms with Gasteiger partial charge in [-0.1, -0.05) is 24.8 Å². The summed E-state index contributed by atoms with van der Waals surface area (Å²) in [5.41, 5.74) is 4.39. The fraction of sp³-hybridized carbons (Fsp3) is 0.318. The maximum atomic E-state index is 6.63. The van der Waals surface area contributed by atoms with E-state index in [1.807, 2.05) is 26.0 Å². The number of hydrogen-bond donors (Lipinski definition) is 2. The van der Waals surface area contributed by atoms with E-state index in [4.69, 9.17) is 28.0 Å².